The van der Waals surface area contributed by atoms with E-state index in [0.717, 1.165) is 30.4 Å². The molecular weight excluding hydrogens is 698 g/mol. The van der Waals surface area contributed by atoms with Gasteiger partial charge in [0.25, 0.3) is 0 Å². The summed E-state index contributed by atoms with van der Waals surface area (Å²) in [5.41, 5.74) is -0.0911. The summed E-state index contributed by atoms with van der Waals surface area (Å²) >= 11 is 6.36. The lowest BCUT2D eigenvalue weighted by Crippen LogP contribution is -2.56. The van der Waals surface area contributed by atoms with Crippen molar-refractivity contribution in [1.29, 1.82) is 0 Å². The van der Waals surface area contributed by atoms with Crippen LogP contribution in [-0.4, -0.2) is 83.5 Å². The number of ether oxygens (including phenoxy) is 1. The zero-order valence-electron chi connectivity index (χ0n) is 29.4. The third-order valence-corrected chi connectivity index (χ3v) is 12.6. The monoisotopic (exact) mass is 745 g/mol. The Kier molecular flexibility index (Phi) is 10.5. The van der Waals surface area contributed by atoms with E-state index in [-0.39, 0.29) is 31.8 Å². The Labute approximate surface area is 304 Å². The number of carbonyl (C=O) groups is 5. The molecule has 51 heavy (non-hydrogen) atoms. The van der Waals surface area contributed by atoms with Crippen LogP contribution in [0.25, 0.3) is 0 Å². The number of hydrogen-bond acceptors (Lipinski definition) is 8. The number of nitrogens with one attached hydrogen (secondary N) is 3. The molecule has 2 aliphatic carbocycles. The molecule has 5 atom stereocenters. The number of benzene rings is 1. The molecule has 1 aromatic rings. The molecule has 5 aliphatic rings. The predicted molar refractivity (Wildman–Crippen MR) is 189 cm³/mol. The van der Waals surface area contributed by atoms with Gasteiger partial charge in [-0.1, -0.05) is 48.7 Å². The van der Waals surface area contributed by atoms with Crippen LogP contribution in [0.4, 0.5) is 9.59 Å². The Hall–Kier alpha value is -3.65. The highest BCUT2D eigenvalue weighted by Gasteiger charge is 2.61. The Balaban J connectivity index is 1.25. The lowest BCUT2D eigenvalue weighted by atomic mass is 9.91. The number of ketones is 1. The number of allylic oxidation sites excluding steroid dienone is 2. The highest BCUT2D eigenvalue weighted by Crippen LogP contribution is 2.57. The topological polar surface area (TPSA) is 171 Å². The van der Waals surface area contributed by atoms with Crippen molar-refractivity contribution in [3.05, 3.63) is 46.5 Å². The van der Waals surface area contributed by atoms with Gasteiger partial charge in [0.05, 0.1) is 29.8 Å². The number of rotatable bonds is 5. The fourth-order valence-electron chi connectivity index (χ4n) is 7.45. The summed E-state index contributed by atoms with van der Waals surface area (Å²) in [6.07, 6.45) is 6.68. The second-order valence-electron chi connectivity index (χ2n) is 15.7. The van der Waals surface area contributed by atoms with E-state index in [1.807, 2.05) is 45.1 Å². The standard InChI is InChI=1S/C36H48ClN5O8S/c1-35(2,3)39-33(46)38-28-13-8-6-4-5-7-11-23-17-36(23,32(45)40-51(48,49)25-14-15-25)18-30(43)29-16-24(20-42(29)31(28)44)50-34(47)41-19-22-10-9-12-27(37)26(22)21-41/h7,9-12,23-25,28-29H,4-6,8,13-21H2,1-3H3,(H,40,45)(H2,38,39,46)/b11-7-/t23-,24-,28+,29?,36-/m1/s1. The number of hydrogen-bond donors (Lipinski definition) is 3. The molecule has 2 saturated carbocycles. The smallest absolute Gasteiger partial charge is 0.410 e. The first-order valence-corrected chi connectivity index (χ1v) is 19.9. The average Bonchev–Trinajstić information content (AvgIpc) is 3.93. The fourth-order valence-corrected chi connectivity index (χ4v) is 9.09. The lowest BCUT2D eigenvalue weighted by molar-refractivity contribution is -0.140. The molecule has 3 fully saturated rings. The first kappa shape index (κ1) is 37.1. The molecule has 13 nitrogen and oxygen atoms in total. The van der Waals surface area contributed by atoms with Gasteiger partial charge in [-0.25, -0.2) is 18.0 Å². The summed E-state index contributed by atoms with van der Waals surface area (Å²) in [4.78, 5) is 71.7. The molecule has 1 unspecified atom stereocenters. The van der Waals surface area contributed by atoms with Crippen LogP contribution in [0, 0.1) is 11.3 Å². The summed E-state index contributed by atoms with van der Waals surface area (Å²) in [5, 5.41) is 5.59. The molecular formula is C36H48ClN5O8S. The molecule has 278 valence electrons. The van der Waals surface area contributed by atoms with Gasteiger partial charge in [-0.3, -0.25) is 24.0 Å². The largest absolute Gasteiger partial charge is 0.444 e. The van der Waals surface area contributed by atoms with E-state index in [2.05, 4.69) is 15.4 Å². The van der Waals surface area contributed by atoms with E-state index in [1.165, 1.54) is 9.80 Å². The van der Waals surface area contributed by atoms with Crippen LogP contribution < -0.4 is 15.4 Å². The molecule has 0 spiro atoms. The molecule has 3 aliphatic heterocycles. The van der Waals surface area contributed by atoms with Crippen LogP contribution in [0.5, 0.6) is 0 Å². The maximum Gasteiger partial charge on any atom is 0.410 e. The number of fused-ring (bicyclic) bond motifs is 3. The summed E-state index contributed by atoms with van der Waals surface area (Å²) < 4.78 is 33.7. The van der Waals surface area contributed by atoms with Crippen molar-refractivity contribution in [3.63, 3.8) is 0 Å². The minimum atomic E-state index is -3.86. The van der Waals surface area contributed by atoms with E-state index >= 15 is 0 Å². The van der Waals surface area contributed by atoms with E-state index < -0.39 is 74.1 Å². The van der Waals surface area contributed by atoms with Gasteiger partial charge in [-0.05, 0) is 82.4 Å². The summed E-state index contributed by atoms with van der Waals surface area (Å²) in [6.45, 7) is 5.96. The third-order valence-electron chi connectivity index (χ3n) is 10.5. The second kappa shape index (κ2) is 14.4. The molecule has 5 amide bonds. The molecule has 15 heteroatoms. The average molecular weight is 746 g/mol. The number of carbonyl (C=O) groups excluding carboxylic acids is 5. The van der Waals surface area contributed by atoms with E-state index in [9.17, 15) is 32.4 Å². The van der Waals surface area contributed by atoms with Crippen molar-refractivity contribution in [2.45, 2.75) is 127 Å². The van der Waals surface area contributed by atoms with Crippen molar-refractivity contribution in [2.24, 2.45) is 11.3 Å². The molecule has 3 heterocycles. The molecule has 3 N–H and O–H groups in total. The molecule has 0 radical (unpaired) electrons. The van der Waals surface area contributed by atoms with Crippen molar-refractivity contribution in [1.82, 2.24) is 25.2 Å². The van der Waals surface area contributed by atoms with Crippen molar-refractivity contribution in [3.8, 4) is 0 Å². The van der Waals surface area contributed by atoms with Crippen LogP contribution in [-0.2, 0) is 42.2 Å². The fraction of sp³-hybridized carbons (Fsp3) is 0.639. The van der Waals surface area contributed by atoms with E-state index in [4.69, 9.17) is 16.3 Å². The lowest BCUT2D eigenvalue weighted by Gasteiger charge is -2.30. The van der Waals surface area contributed by atoms with Gasteiger partial charge in [-0.15, -0.1) is 0 Å². The zero-order chi connectivity index (χ0) is 36.7. The molecule has 1 saturated heterocycles. The Bertz CT molecular complexity index is 1720. The van der Waals surface area contributed by atoms with Gasteiger partial charge in [0.2, 0.25) is 21.8 Å². The number of urea groups is 1. The summed E-state index contributed by atoms with van der Waals surface area (Å²) in [7, 11) is -3.86. The normalized spacial score (nSPS) is 29.1. The number of halogens is 1. The first-order valence-electron chi connectivity index (χ1n) is 17.9. The zero-order valence-corrected chi connectivity index (χ0v) is 31.0. The number of nitrogens with zero attached hydrogens (tertiary/aromatic N) is 2. The SMILES string of the molecule is CC(C)(C)NC(=O)N[C@H]1CCCCC/C=C\[C@@H]2C[C@@]2(C(=O)NS(=O)(=O)C2CC2)CC(=O)C2C[C@@H](OC(=O)N3Cc4cccc(Cl)c4C3)CN2C1=O. The second-order valence-corrected chi connectivity index (χ2v) is 18.1. The maximum absolute atomic E-state index is 14.4. The Morgan fingerprint density at radius 3 is 2.51 bits per heavy atom. The van der Waals surface area contributed by atoms with E-state index in [1.54, 1.807) is 6.07 Å². The van der Waals surface area contributed by atoms with Gasteiger partial charge in [0.1, 0.15) is 12.1 Å². The van der Waals surface area contributed by atoms with Crippen LogP contribution in [0.1, 0.15) is 96.1 Å². The minimum Gasteiger partial charge on any atom is -0.444 e. The third kappa shape index (κ3) is 8.54. The number of sulfonamides is 1. The van der Waals surface area contributed by atoms with Crippen molar-refractivity contribution < 1.29 is 37.1 Å². The van der Waals surface area contributed by atoms with E-state index in [0.29, 0.717) is 43.7 Å². The van der Waals surface area contributed by atoms with Crippen LogP contribution in [0.15, 0.2) is 30.4 Å². The van der Waals surface area contributed by atoms with Crippen molar-refractivity contribution in [2.75, 3.05) is 6.54 Å². The molecule has 6 rings (SSSR count). The van der Waals surface area contributed by atoms with Gasteiger partial charge >= 0.3 is 12.1 Å². The predicted octanol–water partition coefficient (Wildman–Crippen LogP) is 4.32. The van der Waals surface area contributed by atoms with Gasteiger partial charge in [0, 0.05) is 29.9 Å². The van der Waals surface area contributed by atoms with Gasteiger partial charge in [0.15, 0.2) is 5.78 Å². The van der Waals surface area contributed by atoms with Crippen LogP contribution in [0.2, 0.25) is 5.02 Å². The summed E-state index contributed by atoms with van der Waals surface area (Å²) in [6, 6.07) is 2.93. The molecule has 1 aromatic carbocycles. The minimum absolute atomic E-state index is 0.00264. The van der Waals surface area contributed by atoms with Crippen LogP contribution >= 0.6 is 11.6 Å². The number of amides is 5. The Morgan fingerprint density at radius 2 is 1.80 bits per heavy atom. The molecule has 0 bridgehead atoms. The highest BCUT2D eigenvalue weighted by molar-refractivity contribution is 7.90. The number of Topliss-reactive ketones (excluding diaryl/α,β-unsaturated/α-hetero) is 1. The highest BCUT2D eigenvalue weighted by atomic mass is 35.5. The summed E-state index contributed by atoms with van der Waals surface area (Å²) in [5.74, 6) is -1.94. The first-order chi connectivity index (χ1) is 24.1. The van der Waals surface area contributed by atoms with Crippen LogP contribution in [0.3, 0.4) is 0 Å². The van der Waals surface area contributed by atoms with Gasteiger partial charge in [-0.2, -0.15) is 0 Å². The maximum atomic E-state index is 14.4. The Morgan fingerprint density at radius 1 is 1.04 bits per heavy atom. The van der Waals surface area contributed by atoms with Gasteiger partial charge < -0.3 is 20.3 Å². The van der Waals surface area contributed by atoms with Crippen molar-refractivity contribution >= 4 is 51.3 Å². The molecule has 0 aromatic heterocycles. The quantitative estimate of drug-likeness (QED) is 0.374.